The second kappa shape index (κ2) is 10.9. The molecule has 206 valence electrons. The van der Waals surface area contributed by atoms with Crippen LogP contribution in [0.4, 0.5) is 27.5 Å². The Bertz CT molecular complexity index is 1370. The molecule has 3 aromatic rings. The maximum Gasteiger partial charge on any atom is 0.407 e. The maximum absolute atomic E-state index is 13.4. The van der Waals surface area contributed by atoms with Crippen molar-refractivity contribution < 1.29 is 19.4 Å². The number of morpholine rings is 1. The van der Waals surface area contributed by atoms with Gasteiger partial charge in [-0.15, -0.1) is 0 Å². The van der Waals surface area contributed by atoms with Crippen LogP contribution in [0.15, 0.2) is 42.7 Å². The van der Waals surface area contributed by atoms with Gasteiger partial charge in [0.2, 0.25) is 0 Å². The van der Waals surface area contributed by atoms with Crippen molar-refractivity contribution in [2.75, 3.05) is 67.3 Å². The van der Waals surface area contributed by atoms with Crippen molar-refractivity contribution in [3.05, 3.63) is 48.4 Å². The number of ether oxygens (including phenoxy) is 1. The molecule has 6 N–H and O–H groups in total. The fourth-order valence-corrected chi connectivity index (χ4v) is 5.62. The van der Waals surface area contributed by atoms with Gasteiger partial charge >= 0.3 is 6.09 Å². The number of benzene rings is 1. The lowest BCUT2D eigenvalue weighted by Crippen LogP contribution is -2.62. The number of carbonyl (C=O) groups is 2. The molecule has 3 unspecified atom stereocenters. The van der Waals surface area contributed by atoms with E-state index in [2.05, 4.69) is 20.2 Å². The van der Waals surface area contributed by atoms with Crippen LogP contribution in [0.1, 0.15) is 17.4 Å². The lowest BCUT2D eigenvalue weighted by Gasteiger charge is -2.45. The summed E-state index contributed by atoms with van der Waals surface area (Å²) in [5.41, 5.74) is 16.0. The highest BCUT2D eigenvalue weighted by atomic mass is 16.5. The summed E-state index contributed by atoms with van der Waals surface area (Å²) in [6, 6.07) is 8.79. The first kappa shape index (κ1) is 26.4. The van der Waals surface area contributed by atoms with Gasteiger partial charge in [-0.05, 0) is 30.2 Å². The van der Waals surface area contributed by atoms with E-state index in [-0.39, 0.29) is 23.3 Å². The number of nitrogen functional groups attached to an aromatic ring is 1. The standard InChI is InChI=1S/C27H34N8O4/c1-16-14-35(15-20(29)25(16)33(2)27(37)38)23-5-6-30-13-22(23)32-26(36)24-19(28)11-17-3-4-18(12-21(17)31-24)34-7-9-39-10-8-34/h3-6,11-13,16,20,25H,7-10,14-15,28-29H2,1-2H3,(H,32,36)(H,37,38). The number of hydrogen-bond donors (Lipinski definition) is 4. The second-order valence-electron chi connectivity index (χ2n) is 10.2. The van der Waals surface area contributed by atoms with Gasteiger partial charge in [-0.3, -0.25) is 9.78 Å². The number of nitrogens with two attached hydrogens (primary N) is 2. The number of hydrogen-bond acceptors (Lipinski definition) is 9. The molecule has 5 rings (SSSR count). The summed E-state index contributed by atoms with van der Waals surface area (Å²) in [7, 11) is 1.54. The Morgan fingerprint density at radius 1 is 1.15 bits per heavy atom. The summed E-state index contributed by atoms with van der Waals surface area (Å²) >= 11 is 0. The summed E-state index contributed by atoms with van der Waals surface area (Å²) in [6.07, 6.45) is 2.21. The van der Waals surface area contributed by atoms with Crippen molar-refractivity contribution in [1.29, 1.82) is 0 Å². The number of likely N-dealkylation sites (N-methyl/N-ethyl adjacent to an activating group) is 1. The summed E-state index contributed by atoms with van der Waals surface area (Å²) in [6.45, 7) is 5.88. The lowest BCUT2D eigenvalue weighted by atomic mass is 9.89. The van der Waals surface area contributed by atoms with E-state index < -0.39 is 18.0 Å². The molecule has 2 aromatic heterocycles. The van der Waals surface area contributed by atoms with Gasteiger partial charge < -0.3 is 41.3 Å². The van der Waals surface area contributed by atoms with E-state index in [0.29, 0.717) is 37.5 Å². The molecule has 1 aromatic carbocycles. The quantitative estimate of drug-likeness (QED) is 0.381. The molecule has 2 aliphatic rings. The number of aromatic nitrogens is 2. The van der Waals surface area contributed by atoms with Crippen LogP contribution in [-0.2, 0) is 4.74 Å². The zero-order chi connectivity index (χ0) is 27.7. The average molecular weight is 535 g/mol. The van der Waals surface area contributed by atoms with Crippen LogP contribution >= 0.6 is 0 Å². The highest BCUT2D eigenvalue weighted by Crippen LogP contribution is 2.31. The van der Waals surface area contributed by atoms with Crippen molar-refractivity contribution in [3.8, 4) is 0 Å². The summed E-state index contributed by atoms with van der Waals surface area (Å²) in [5, 5.41) is 13.2. The molecule has 2 saturated heterocycles. The Kier molecular flexibility index (Phi) is 7.40. The van der Waals surface area contributed by atoms with Gasteiger partial charge in [0.05, 0.1) is 48.0 Å². The third-order valence-electron chi connectivity index (χ3n) is 7.52. The molecule has 2 fully saturated rings. The van der Waals surface area contributed by atoms with E-state index in [4.69, 9.17) is 16.2 Å². The minimum Gasteiger partial charge on any atom is -0.465 e. The third kappa shape index (κ3) is 5.38. The normalized spacial score (nSPS) is 21.6. The number of pyridine rings is 2. The average Bonchev–Trinajstić information content (AvgIpc) is 2.92. The predicted octanol–water partition coefficient (Wildman–Crippen LogP) is 2.06. The van der Waals surface area contributed by atoms with Crippen molar-refractivity contribution in [1.82, 2.24) is 14.9 Å². The number of carbonyl (C=O) groups excluding carboxylic acids is 1. The number of rotatable bonds is 5. The molecular formula is C27H34N8O4. The first-order valence-electron chi connectivity index (χ1n) is 13.0. The van der Waals surface area contributed by atoms with Crippen molar-refractivity contribution in [2.45, 2.75) is 19.0 Å². The largest absolute Gasteiger partial charge is 0.465 e. The zero-order valence-electron chi connectivity index (χ0n) is 22.1. The highest BCUT2D eigenvalue weighted by Gasteiger charge is 2.37. The third-order valence-corrected chi connectivity index (χ3v) is 7.52. The van der Waals surface area contributed by atoms with E-state index in [9.17, 15) is 14.7 Å². The summed E-state index contributed by atoms with van der Waals surface area (Å²) in [4.78, 5) is 39.3. The van der Waals surface area contributed by atoms with E-state index in [1.54, 1.807) is 25.5 Å². The first-order chi connectivity index (χ1) is 18.7. The molecule has 12 nitrogen and oxygen atoms in total. The van der Waals surface area contributed by atoms with Gasteiger partial charge in [0.25, 0.3) is 5.91 Å². The monoisotopic (exact) mass is 534 g/mol. The van der Waals surface area contributed by atoms with Crippen LogP contribution in [0.2, 0.25) is 0 Å². The number of fused-ring (bicyclic) bond motifs is 1. The predicted molar refractivity (Wildman–Crippen MR) is 150 cm³/mol. The van der Waals surface area contributed by atoms with Crippen LogP contribution in [0.3, 0.4) is 0 Å². The Hall–Kier alpha value is -4.16. The molecule has 2 aliphatic heterocycles. The van der Waals surface area contributed by atoms with Crippen molar-refractivity contribution in [3.63, 3.8) is 0 Å². The minimum absolute atomic E-state index is 0.0370. The van der Waals surface area contributed by atoms with Crippen molar-refractivity contribution >= 4 is 45.7 Å². The molecule has 0 saturated carbocycles. The van der Waals surface area contributed by atoms with E-state index in [1.165, 1.54) is 4.90 Å². The van der Waals surface area contributed by atoms with Crippen molar-refractivity contribution in [2.24, 2.45) is 11.7 Å². The summed E-state index contributed by atoms with van der Waals surface area (Å²) < 4.78 is 5.45. The van der Waals surface area contributed by atoms with Gasteiger partial charge in [-0.25, -0.2) is 9.78 Å². The molecular weight excluding hydrogens is 500 g/mol. The lowest BCUT2D eigenvalue weighted by molar-refractivity contribution is 0.102. The molecule has 4 heterocycles. The molecule has 0 spiro atoms. The van der Waals surface area contributed by atoms with Crippen LogP contribution in [0, 0.1) is 5.92 Å². The van der Waals surface area contributed by atoms with Crippen LogP contribution in [0.5, 0.6) is 0 Å². The molecule has 12 heteroatoms. The number of amides is 2. The fourth-order valence-electron chi connectivity index (χ4n) is 5.62. The SMILES string of the molecule is CC1CN(c2ccncc2NC(=O)c2nc3cc(N4CCOCC4)ccc3cc2N)CC(N)C1N(C)C(=O)O. The topological polar surface area (TPSA) is 163 Å². The molecule has 2 amide bonds. The Morgan fingerprint density at radius 3 is 2.64 bits per heavy atom. The minimum atomic E-state index is -1.01. The molecule has 39 heavy (non-hydrogen) atoms. The fraction of sp³-hybridized carbons (Fsp3) is 0.407. The number of anilines is 4. The maximum atomic E-state index is 13.4. The van der Waals surface area contributed by atoms with Crippen LogP contribution < -0.4 is 26.6 Å². The number of piperidine rings is 1. The molecule has 0 aliphatic carbocycles. The van der Waals surface area contributed by atoms with E-state index >= 15 is 0 Å². The van der Waals surface area contributed by atoms with Gasteiger partial charge in [0.15, 0.2) is 5.69 Å². The van der Waals surface area contributed by atoms with Crippen LogP contribution in [-0.4, -0.2) is 90.5 Å². The van der Waals surface area contributed by atoms with Gasteiger partial charge in [0, 0.05) is 56.5 Å². The van der Waals surface area contributed by atoms with Crippen LogP contribution in [0.25, 0.3) is 10.9 Å². The smallest absolute Gasteiger partial charge is 0.407 e. The van der Waals surface area contributed by atoms with E-state index in [1.807, 2.05) is 36.1 Å². The Labute approximate surface area is 226 Å². The second-order valence-corrected chi connectivity index (χ2v) is 10.2. The summed E-state index contributed by atoms with van der Waals surface area (Å²) in [5.74, 6) is -0.483. The number of nitrogens with one attached hydrogen (secondary N) is 1. The Balaban J connectivity index is 1.38. The van der Waals surface area contributed by atoms with Gasteiger partial charge in [-0.2, -0.15) is 0 Å². The molecule has 3 atom stereocenters. The number of nitrogens with zero attached hydrogens (tertiary/aromatic N) is 5. The highest BCUT2D eigenvalue weighted by molar-refractivity contribution is 6.09. The Morgan fingerprint density at radius 2 is 1.92 bits per heavy atom. The van der Waals surface area contributed by atoms with Gasteiger partial charge in [-0.1, -0.05) is 13.0 Å². The molecule has 0 bridgehead atoms. The molecule has 0 radical (unpaired) electrons. The zero-order valence-corrected chi connectivity index (χ0v) is 22.1. The first-order valence-corrected chi connectivity index (χ1v) is 13.0. The number of carboxylic acid groups (broad SMARTS) is 1. The van der Waals surface area contributed by atoms with Gasteiger partial charge in [0.1, 0.15) is 0 Å². The van der Waals surface area contributed by atoms with E-state index in [0.717, 1.165) is 29.9 Å².